The third-order valence-corrected chi connectivity index (χ3v) is 1.60. The molecule has 0 radical (unpaired) electrons. The van der Waals surface area contributed by atoms with E-state index in [1.807, 2.05) is 6.08 Å². The van der Waals surface area contributed by atoms with Crippen molar-refractivity contribution in [2.45, 2.75) is 33.1 Å². The molecule has 0 spiro atoms. The zero-order chi connectivity index (χ0) is 9.40. The highest BCUT2D eigenvalue weighted by Gasteiger charge is 1.92. The Bertz CT molecular complexity index is 192. The van der Waals surface area contributed by atoms with Crippen LogP contribution >= 0.6 is 0 Å². The third-order valence-electron chi connectivity index (χ3n) is 1.60. The summed E-state index contributed by atoms with van der Waals surface area (Å²) in [4.78, 5) is 10.5. The van der Waals surface area contributed by atoms with Crippen LogP contribution in [0.1, 0.15) is 33.1 Å². The third kappa shape index (κ3) is 5.71. The Morgan fingerprint density at radius 3 is 2.67 bits per heavy atom. The molecular weight excluding hydrogens is 150 g/mol. The maximum Gasteiger partial charge on any atom is 0.244 e. The Kier molecular flexibility index (Phi) is 6.07. The molecule has 2 nitrogen and oxygen atoms in total. The minimum Gasteiger partial charge on any atom is -0.366 e. The lowest BCUT2D eigenvalue weighted by Crippen LogP contribution is -2.11. The number of carbonyl (C=O) groups is 1. The van der Waals surface area contributed by atoms with Crippen LogP contribution in [0.2, 0.25) is 0 Å². The van der Waals surface area contributed by atoms with Gasteiger partial charge in [-0.1, -0.05) is 38.0 Å². The van der Waals surface area contributed by atoms with E-state index in [1.54, 1.807) is 13.0 Å². The molecule has 2 N–H and O–H groups in total. The molecule has 68 valence electrons. The van der Waals surface area contributed by atoms with Crippen LogP contribution < -0.4 is 5.73 Å². The summed E-state index contributed by atoms with van der Waals surface area (Å²) < 4.78 is 0. The molecule has 0 saturated carbocycles. The molecule has 0 aromatic carbocycles. The van der Waals surface area contributed by atoms with Crippen molar-refractivity contribution in [1.82, 2.24) is 0 Å². The van der Waals surface area contributed by atoms with Gasteiger partial charge in [0.1, 0.15) is 0 Å². The predicted molar refractivity (Wildman–Crippen MR) is 51.6 cm³/mol. The van der Waals surface area contributed by atoms with Crippen LogP contribution in [0.25, 0.3) is 0 Å². The topological polar surface area (TPSA) is 43.1 Å². The van der Waals surface area contributed by atoms with Crippen molar-refractivity contribution < 1.29 is 4.79 Å². The van der Waals surface area contributed by atoms with Crippen molar-refractivity contribution in [1.29, 1.82) is 0 Å². The fourth-order valence-electron chi connectivity index (χ4n) is 0.713. The van der Waals surface area contributed by atoms with Crippen molar-refractivity contribution in [2.75, 3.05) is 0 Å². The second-order valence-electron chi connectivity index (χ2n) is 2.78. The van der Waals surface area contributed by atoms with E-state index in [9.17, 15) is 4.79 Å². The lowest BCUT2D eigenvalue weighted by Gasteiger charge is -1.89. The molecule has 1 amide bonds. The number of hydrogen-bond acceptors (Lipinski definition) is 1. The average molecular weight is 167 g/mol. The Morgan fingerprint density at radius 1 is 1.50 bits per heavy atom. The monoisotopic (exact) mass is 167 g/mol. The van der Waals surface area contributed by atoms with Crippen molar-refractivity contribution in [3.8, 4) is 0 Å². The number of amides is 1. The van der Waals surface area contributed by atoms with E-state index in [-0.39, 0.29) is 5.91 Å². The van der Waals surface area contributed by atoms with Gasteiger partial charge >= 0.3 is 0 Å². The number of primary amides is 1. The van der Waals surface area contributed by atoms with Crippen LogP contribution in [-0.4, -0.2) is 5.91 Å². The first kappa shape index (κ1) is 11.0. The molecule has 0 bridgehead atoms. The van der Waals surface area contributed by atoms with E-state index in [1.165, 1.54) is 12.8 Å². The van der Waals surface area contributed by atoms with Crippen molar-refractivity contribution in [2.24, 2.45) is 5.73 Å². The molecule has 0 heterocycles. The molecule has 0 unspecified atom stereocenters. The molecular formula is C10H17NO. The number of unbranched alkanes of at least 4 members (excludes halogenated alkanes) is 2. The Balaban J connectivity index is 3.71. The lowest BCUT2D eigenvalue weighted by atomic mass is 10.2. The molecule has 0 rings (SSSR count). The van der Waals surface area contributed by atoms with Gasteiger partial charge in [0.2, 0.25) is 5.91 Å². The van der Waals surface area contributed by atoms with E-state index in [2.05, 4.69) is 13.0 Å². The Hall–Kier alpha value is -1.05. The van der Waals surface area contributed by atoms with Gasteiger partial charge in [-0.25, -0.2) is 0 Å². The van der Waals surface area contributed by atoms with Gasteiger partial charge in [-0.3, -0.25) is 4.79 Å². The fourth-order valence-corrected chi connectivity index (χ4v) is 0.713. The normalized spacial score (nSPS) is 12.3. The summed E-state index contributed by atoms with van der Waals surface area (Å²) in [5.74, 6) is -0.352. The largest absolute Gasteiger partial charge is 0.366 e. The standard InChI is InChI=1S/C10H17NO/c1-3-4-5-6-7-8-9(2)10(11)12/h6-8H,3-5H2,1-2H3,(H2,11,12). The highest BCUT2D eigenvalue weighted by molar-refractivity contribution is 5.91. The quantitative estimate of drug-likeness (QED) is 0.380. The molecule has 0 aliphatic carbocycles. The molecule has 0 fully saturated rings. The maximum atomic E-state index is 10.5. The van der Waals surface area contributed by atoms with Gasteiger partial charge in [-0.05, 0) is 13.3 Å². The number of nitrogens with two attached hydrogens (primary N) is 1. The molecule has 0 aliphatic rings. The Labute approximate surface area is 74.1 Å². The van der Waals surface area contributed by atoms with Crippen LogP contribution in [0.5, 0.6) is 0 Å². The summed E-state index contributed by atoms with van der Waals surface area (Å²) in [5.41, 5.74) is 5.64. The van der Waals surface area contributed by atoms with Gasteiger partial charge < -0.3 is 5.73 Å². The molecule has 2 heteroatoms. The van der Waals surface area contributed by atoms with E-state index in [0.717, 1.165) is 6.42 Å². The minimum atomic E-state index is -0.352. The minimum absolute atomic E-state index is 0.352. The number of rotatable bonds is 5. The fraction of sp³-hybridized carbons (Fsp3) is 0.500. The molecule has 0 aromatic rings. The maximum absolute atomic E-state index is 10.5. The smallest absolute Gasteiger partial charge is 0.244 e. The number of hydrogen-bond donors (Lipinski definition) is 1. The first-order valence-electron chi connectivity index (χ1n) is 4.31. The molecule has 0 atom stereocenters. The lowest BCUT2D eigenvalue weighted by molar-refractivity contribution is -0.114. The first-order chi connectivity index (χ1) is 5.68. The summed E-state index contributed by atoms with van der Waals surface area (Å²) in [6.07, 6.45) is 9.14. The number of allylic oxidation sites excluding steroid dienone is 3. The molecule has 0 aromatic heterocycles. The van der Waals surface area contributed by atoms with Gasteiger partial charge in [0, 0.05) is 5.57 Å². The van der Waals surface area contributed by atoms with Gasteiger partial charge in [0.05, 0.1) is 0 Å². The Morgan fingerprint density at radius 2 is 2.17 bits per heavy atom. The molecule has 0 saturated heterocycles. The highest BCUT2D eigenvalue weighted by Crippen LogP contribution is 1.96. The van der Waals surface area contributed by atoms with Crippen molar-refractivity contribution in [3.63, 3.8) is 0 Å². The zero-order valence-electron chi connectivity index (χ0n) is 7.84. The summed E-state index contributed by atoms with van der Waals surface area (Å²) in [7, 11) is 0. The summed E-state index contributed by atoms with van der Waals surface area (Å²) in [6.45, 7) is 3.87. The highest BCUT2D eigenvalue weighted by atomic mass is 16.1. The SMILES string of the molecule is CCCCC=CC=C(C)C(N)=O. The van der Waals surface area contributed by atoms with Crippen LogP contribution in [-0.2, 0) is 4.79 Å². The second-order valence-corrected chi connectivity index (χ2v) is 2.78. The molecule has 12 heavy (non-hydrogen) atoms. The van der Waals surface area contributed by atoms with Crippen LogP contribution in [0, 0.1) is 0 Å². The van der Waals surface area contributed by atoms with E-state index in [0.29, 0.717) is 5.57 Å². The van der Waals surface area contributed by atoms with Crippen molar-refractivity contribution in [3.05, 3.63) is 23.8 Å². The predicted octanol–water partition coefficient (Wildman–Crippen LogP) is 2.16. The van der Waals surface area contributed by atoms with Crippen LogP contribution in [0.3, 0.4) is 0 Å². The van der Waals surface area contributed by atoms with Crippen molar-refractivity contribution >= 4 is 5.91 Å². The van der Waals surface area contributed by atoms with E-state index in [4.69, 9.17) is 5.73 Å². The van der Waals surface area contributed by atoms with E-state index < -0.39 is 0 Å². The van der Waals surface area contributed by atoms with Crippen LogP contribution in [0.4, 0.5) is 0 Å². The van der Waals surface area contributed by atoms with Gasteiger partial charge in [0.25, 0.3) is 0 Å². The van der Waals surface area contributed by atoms with Gasteiger partial charge in [-0.15, -0.1) is 0 Å². The summed E-state index contributed by atoms with van der Waals surface area (Å²) >= 11 is 0. The summed E-state index contributed by atoms with van der Waals surface area (Å²) in [6, 6.07) is 0. The van der Waals surface area contributed by atoms with E-state index >= 15 is 0 Å². The number of carbonyl (C=O) groups excluding carboxylic acids is 1. The second kappa shape index (κ2) is 6.65. The van der Waals surface area contributed by atoms with Crippen LogP contribution in [0.15, 0.2) is 23.8 Å². The summed E-state index contributed by atoms with van der Waals surface area (Å²) in [5, 5.41) is 0. The average Bonchev–Trinajstić information content (AvgIpc) is 2.03. The van der Waals surface area contributed by atoms with Gasteiger partial charge in [-0.2, -0.15) is 0 Å². The van der Waals surface area contributed by atoms with Gasteiger partial charge in [0.15, 0.2) is 0 Å². The first-order valence-corrected chi connectivity index (χ1v) is 4.31. The zero-order valence-corrected chi connectivity index (χ0v) is 7.84. The molecule has 0 aliphatic heterocycles.